The van der Waals surface area contributed by atoms with E-state index in [1.165, 1.54) is 32.4 Å². The van der Waals surface area contributed by atoms with Gasteiger partial charge in [-0.15, -0.1) is 0 Å². The topological polar surface area (TPSA) is 15.8 Å². The highest BCUT2D eigenvalue weighted by atomic mass is 79.9. The van der Waals surface area contributed by atoms with Crippen molar-refractivity contribution in [1.82, 2.24) is 4.98 Å². The van der Waals surface area contributed by atoms with Crippen LogP contribution < -0.4 is 0 Å². The van der Waals surface area contributed by atoms with Crippen LogP contribution >= 0.6 is 15.9 Å². The van der Waals surface area contributed by atoms with Gasteiger partial charge in [0.25, 0.3) is 0 Å². The van der Waals surface area contributed by atoms with Gasteiger partial charge in [-0.05, 0) is 38.2 Å². The van der Waals surface area contributed by atoms with Crippen LogP contribution in [-0.4, -0.2) is 4.98 Å². The first-order valence-corrected chi connectivity index (χ1v) is 6.71. The minimum Gasteiger partial charge on any atom is -0.349 e. The summed E-state index contributed by atoms with van der Waals surface area (Å²) >= 11 is 3.54. The molecule has 3 aromatic carbocycles. The van der Waals surface area contributed by atoms with Crippen molar-refractivity contribution in [2.45, 2.75) is 0 Å². The highest BCUT2D eigenvalue weighted by molar-refractivity contribution is 9.10. The standard InChI is InChI=1S/C16H10BrN/c17-15-9-14-12-7-2-1-5-10(12)11-6-3-4-8-13(11)16(14)18-15/h1-9,18H. The number of halogens is 1. The molecule has 0 radical (unpaired) electrons. The van der Waals surface area contributed by atoms with Crippen molar-refractivity contribution in [3.8, 4) is 0 Å². The van der Waals surface area contributed by atoms with Gasteiger partial charge in [-0.2, -0.15) is 0 Å². The molecule has 0 atom stereocenters. The molecule has 0 saturated heterocycles. The Kier molecular flexibility index (Phi) is 2.03. The fourth-order valence-electron chi connectivity index (χ4n) is 2.74. The molecular formula is C16H10BrN. The zero-order valence-corrected chi connectivity index (χ0v) is 11.2. The average molecular weight is 296 g/mol. The molecule has 86 valence electrons. The number of fused-ring (bicyclic) bond motifs is 6. The van der Waals surface area contributed by atoms with Crippen molar-refractivity contribution >= 4 is 48.4 Å². The summed E-state index contributed by atoms with van der Waals surface area (Å²) in [5.41, 5.74) is 1.20. The molecule has 0 fully saturated rings. The lowest BCUT2D eigenvalue weighted by Gasteiger charge is -2.06. The van der Waals surface area contributed by atoms with Crippen LogP contribution in [0.25, 0.3) is 32.4 Å². The van der Waals surface area contributed by atoms with Gasteiger partial charge >= 0.3 is 0 Å². The first-order valence-electron chi connectivity index (χ1n) is 5.92. The van der Waals surface area contributed by atoms with E-state index < -0.39 is 0 Å². The SMILES string of the molecule is Brc1cc2c3ccccc3c3ccccc3c2[nH]1. The van der Waals surface area contributed by atoms with Gasteiger partial charge in [-0.25, -0.2) is 0 Å². The van der Waals surface area contributed by atoms with Crippen LogP contribution in [0.3, 0.4) is 0 Å². The average Bonchev–Trinajstić information content (AvgIpc) is 2.81. The summed E-state index contributed by atoms with van der Waals surface area (Å²) in [6, 6.07) is 19.3. The minimum absolute atomic E-state index is 1.03. The van der Waals surface area contributed by atoms with E-state index in [2.05, 4.69) is 75.5 Å². The quantitative estimate of drug-likeness (QED) is 0.427. The van der Waals surface area contributed by atoms with Gasteiger partial charge in [-0.3, -0.25) is 0 Å². The second kappa shape index (κ2) is 3.59. The highest BCUT2D eigenvalue weighted by Gasteiger charge is 2.09. The Morgan fingerprint density at radius 3 is 1.83 bits per heavy atom. The molecule has 1 nitrogen and oxygen atoms in total. The van der Waals surface area contributed by atoms with Gasteiger partial charge in [0.1, 0.15) is 0 Å². The second-order valence-electron chi connectivity index (χ2n) is 4.50. The molecule has 18 heavy (non-hydrogen) atoms. The van der Waals surface area contributed by atoms with E-state index in [-0.39, 0.29) is 0 Å². The maximum atomic E-state index is 3.54. The van der Waals surface area contributed by atoms with Gasteiger partial charge in [0.05, 0.1) is 10.1 Å². The van der Waals surface area contributed by atoms with Crippen LogP contribution in [0.1, 0.15) is 0 Å². The first-order chi connectivity index (χ1) is 8.84. The van der Waals surface area contributed by atoms with Crippen molar-refractivity contribution in [3.05, 3.63) is 59.2 Å². The number of hydrogen-bond acceptors (Lipinski definition) is 0. The lowest BCUT2D eigenvalue weighted by atomic mass is 9.98. The molecule has 4 rings (SSSR count). The molecule has 0 aliphatic carbocycles. The number of nitrogens with one attached hydrogen (secondary N) is 1. The normalized spacial score (nSPS) is 11.6. The Bertz CT molecular complexity index is 817. The maximum absolute atomic E-state index is 3.54. The maximum Gasteiger partial charge on any atom is 0.0831 e. The third kappa shape index (κ3) is 1.27. The smallest absolute Gasteiger partial charge is 0.0831 e. The van der Waals surface area contributed by atoms with Crippen LogP contribution in [0.15, 0.2) is 59.2 Å². The zero-order chi connectivity index (χ0) is 12.1. The molecule has 0 aliphatic rings. The summed E-state index contributed by atoms with van der Waals surface area (Å²) in [5, 5.41) is 6.46. The predicted molar refractivity (Wildman–Crippen MR) is 81.0 cm³/mol. The molecule has 1 N–H and O–H groups in total. The number of hydrogen-bond donors (Lipinski definition) is 1. The predicted octanol–water partition coefficient (Wildman–Crippen LogP) is 5.24. The molecule has 0 aliphatic heterocycles. The molecule has 1 heterocycles. The summed E-state index contributed by atoms with van der Waals surface area (Å²) in [6.45, 7) is 0. The van der Waals surface area contributed by atoms with Crippen LogP contribution in [-0.2, 0) is 0 Å². The molecule has 1 aromatic heterocycles. The summed E-state index contributed by atoms with van der Waals surface area (Å²) in [7, 11) is 0. The van der Waals surface area contributed by atoms with Crippen LogP contribution in [0.4, 0.5) is 0 Å². The zero-order valence-electron chi connectivity index (χ0n) is 9.57. The molecule has 4 aromatic rings. The fraction of sp³-hybridized carbons (Fsp3) is 0. The van der Waals surface area contributed by atoms with Crippen molar-refractivity contribution in [2.24, 2.45) is 0 Å². The van der Waals surface area contributed by atoms with Crippen molar-refractivity contribution < 1.29 is 0 Å². The number of rotatable bonds is 0. The minimum atomic E-state index is 1.03. The van der Waals surface area contributed by atoms with Gasteiger partial charge in [0, 0.05) is 10.8 Å². The number of benzene rings is 3. The van der Waals surface area contributed by atoms with Crippen molar-refractivity contribution in [2.75, 3.05) is 0 Å². The Hall–Kier alpha value is -1.80. The number of aromatic nitrogens is 1. The van der Waals surface area contributed by atoms with Crippen molar-refractivity contribution in [1.29, 1.82) is 0 Å². The molecule has 0 saturated carbocycles. The first kappa shape index (κ1) is 10.2. The van der Waals surface area contributed by atoms with E-state index in [0.29, 0.717) is 0 Å². The molecular weight excluding hydrogens is 286 g/mol. The number of H-pyrrole nitrogens is 1. The molecule has 0 unspecified atom stereocenters. The van der Waals surface area contributed by atoms with Gasteiger partial charge in [0.2, 0.25) is 0 Å². The van der Waals surface area contributed by atoms with E-state index in [1.807, 2.05) is 0 Å². The van der Waals surface area contributed by atoms with Crippen LogP contribution in [0.5, 0.6) is 0 Å². The fourth-order valence-corrected chi connectivity index (χ4v) is 3.16. The lowest BCUT2D eigenvalue weighted by Crippen LogP contribution is -1.80. The van der Waals surface area contributed by atoms with Gasteiger partial charge < -0.3 is 4.98 Å². The van der Waals surface area contributed by atoms with Crippen LogP contribution in [0, 0.1) is 0 Å². The lowest BCUT2D eigenvalue weighted by molar-refractivity contribution is 1.42. The van der Waals surface area contributed by atoms with Crippen LogP contribution in [0.2, 0.25) is 0 Å². The molecule has 2 heteroatoms. The van der Waals surface area contributed by atoms with E-state index in [9.17, 15) is 0 Å². The van der Waals surface area contributed by atoms with Gasteiger partial charge in [-0.1, -0.05) is 48.5 Å². The molecule has 0 bridgehead atoms. The van der Waals surface area contributed by atoms with E-state index in [0.717, 1.165) is 4.60 Å². The number of aromatic amines is 1. The highest BCUT2D eigenvalue weighted by Crippen LogP contribution is 2.35. The summed E-state index contributed by atoms with van der Waals surface area (Å²) < 4.78 is 1.03. The van der Waals surface area contributed by atoms with E-state index in [1.54, 1.807) is 0 Å². The van der Waals surface area contributed by atoms with E-state index >= 15 is 0 Å². The summed E-state index contributed by atoms with van der Waals surface area (Å²) in [5.74, 6) is 0. The Balaban J connectivity index is 2.45. The Labute approximate surface area is 113 Å². The monoisotopic (exact) mass is 295 g/mol. The summed E-state index contributed by atoms with van der Waals surface area (Å²) in [6.07, 6.45) is 0. The Morgan fingerprint density at radius 2 is 1.17 bits per heavy atom. The van der Waals surface area contributed by atoms with E-state index in [4.69, 9.17) is 0 Å². The van der Waals surface area contributed by atoms with Gasteiger partial charge in [0.15, 0.2) is 0 Å². The van der Waals surface area contributed by atoms with Crippen molar-refractivity contribution in [3.63, 3.8) is 0 Å². The second-order valence-corrected chi connectivity index (χ2v) is 5.35. The molecule has 0 amide bonds. The summed E-state index contributed by atoms with van der Waals surface area (Å²) in [4.78, 5) is 3.41. The third-order valence-corrected chi connectivity index (χ3v) is 3.92. The molecule has 0 spiro atoms. The Morgan fingerprint density at radius 1 is 0.667 bits per heavy atom. The largest absolute Gasteiger partial charge is 0.349 e. The third-order valence-electron chi connectivity index (χ3n) is 3.49.